The van der Waals surface area contributed by atoms with Crippen LogP contribution in [0.15, 0.2) is 47.1 Å². The highest BCUT2D eigenvalue weighted by Gasteiger charge is 2.21. The predicted molar refractivity (Wildman–Crippen MR) is 87.5 cm³/mol. The van der Waals surface area contributed by atoms with Gasteiger partial charge >= 0.3 is 0 Å². The van der Waals surface area contributed by atoms with Gasteiger partial charge in [0.25, 0.3) is 5.91 Å². The van der Waals surface area contributed by atoms with Gasteiger partial charge in [-0.3, -0.25) is 4.79 Å². The molecule has 0 radical (unpaired) electrons. The van der Waals surface area contributed by atoms with Gasteiger partial charge in [0.05, 0.1) is 6.54 Å². The van der Waals surface area contributed by atoms with E-state index in [0.29, 0.717) is 18.8 Å². The van der Waals surface area contributed by atoms with Crippen LogP contribution in [-0.2, 0) is 16.0 Å². The monoisotopic (exact) mass is 366 g/mol. The van der Waals surface area contributed by atoms with E-state index in [2.05, 4.69) is 20.9 Å². The van der Waals surface area contributed by atoms with Crippen molar-refractivity contribution >= 4 is 21.8 Å². The fourth-order valence-electron chi connectivity index (χ4n) is 2.11. The summed E-state index contributed by atoms with van der Waals surface area (Å²) in [5, 5.41) is 0. The number of aromatic nitrogens is 1. The molecule has 0 bridgehead atoms. The maximum atomic E-state index is 12.7. The van der Waals surface area contributed by atoms with Crippen molar-refractivity contribution in [1.29, 1.82) is 0 Å². The van der Waals surface area contributed by atoms with Gasteiger partial charge in [0, 0.05) is 31.4 Å². The van der Waals surface area contributed by atoms with Gasteiger partial charge < -0.3 is 19.4 Å². The average Bonchev–Trinajstić information content (AvgIpc) is 2.98. The molecular formula is C16H19BrN2O3. The summed E-state index contributed by atoms with van der Waals surface area (Å²) in [6, 6.07) is 11.6. The summed E-state index contributed by atoms with van der Waals surface area (Å²) < 4.78 is 11.3. The lowest BCUT2D eigenvalue weighted by Crippen LogP contribution is -2.38. The molecule has 0 aliphatic carbocycles. The number of nitrogens with one attached hydrogen (secondary N) is 1. The van der Waals surface area contributed by atoms with E-state index in [0.717, 1.165) is 10.0 Å². The zero-order valence-corrected chi connectivity index (χ0v) is 14.2. The number of halogens is 1. The Kier molecular flexibility index (Phi) is 6.18. The molecule has 1 heterocycles. The number of benzene rings is 1. The Labute approximate surface area is 138 Å². The molecule has 2 aromatic rings. The molecule has 2 rings (SSSR count). The third-order valence-electron chi connectivity index (χ3n) is 3.28. The van der Waals surface area contributed by atoms with Crippen LogP contribution in [0.3, 0.4) is 0 Å². The minimum absolute atomic E-state index is 0.103. The molecule has 1 aromatic heterocycles. The van der Waals surface area contributed by atoms with Crippen molar-refractivity contribution in [1.82, 2.24) is 9.88 Å². The summed E-state index contributed by atoms with van der Waals surface area (Å²) in [7, 11) is 3.12. The van der Waals surface area contributed by atoms with Crippen LogP contribution >= 0.6 is 15.9 Å². The van der Waals surface area contributed by atoms with E-state index in [-0.39, 0.29) is 5.91 Å². The highest BCUT2D eigenvalue weighted by atomic mass is 79.9. The molecule has 0 unspecified atom stereocenters. The first-order valence-corrected chi connectivity index (χ1v) is 7.66. The van der Waals surface area contributed by atoms with Crippen LogP contribution in [0.4, 0.5) is 0 Å². The first-order chi connectivity index (χ1) is 10.6. The van der Waals surface area contributed by atoms with E-state index in [1.54, 1.807) is 31.4 Å². The van der Waals surface area contributed by atoms with Crippen molar-refractivity contribution in [2.24, 2.45) is 0 Å². The van der Waals surface area contributed by atoms with Crippen molar-refractivity contribution < 1.29 is 14.3 Å². The van der Waals surface area contributed by atoms with Crippen LogP contribution in [0.1, 0.15) is 16.1 Å². The van der Waals surface area contributed by atoms with E-state index in [4.69, 9.17) is 9.47 Å². The van der Waals surface area contributed by atoms with E-state index in [1.165, 1.54) is 0 Å². The molecule has 0 atom stereocenters. The van der Waals surface area contributed by atoms with Crippen LogP contribution in [0.2, 0.25) is 0 Å². The minimum atomic E-state index is -0.467. The molecule has 0 fully saturated rings. The van der Waals surface area contributed by atoms with Gasteiger partial charge in [-0.05, 0) is 27.6 Å². The summed E-state index contributed by atoms with van der Waals surface area (Å²) >= 11 is 3.34. The molecule has 1 N–H and O–H groups in total. The summed E-state index contributed by atoms with van der Waals surface area (Å²) in [5.74, 6) is -0.103. The average molecular weight is 367 g/mol. The number of hydrogen-bond donors (Lipinski definition) is 1. The molecule has 5 nitrogen and oxygen atoms in total. The van der Waals surface area contributed by atoms with Crippen LogP contribution in [0, 0.1) is 0 Å². The normalized spacial score (nSPS) is 10.9. The Balaban J connectivity index is 2.18. The Hall–Kier alpha value is -1.63. The number of carbonyl (C=O) groups excluding carboxylic acids is 1. The molecule has 0 saturated heterocycles. The van der Waals surface area contributed by atoms with Crippen LogP contribution in [0.5, 0.6) is 0 Å². The van der Waals surface area contributed by atoms with Gasteiger partial charge in [-0.1, -0.05) is 30.3 Å². The smallest absolute Gasteiger partial charge is 0.270 e. The summed E-state index contributed by atoms with van der Waals surface area (Å²) in [4.78, 5) is 17.4. The molecule has 0 saturated carbocycles. The van der Waals surface area contributed by atoms with Crippen molar-refractivity contribution in [3.8, 4) is 0 Å². The fourth-order valence-corrected chi connectivity index (χ4v) is 2.45. The number of carbonyl (C=O) groups is 1. The Morgan fingerprint density at radius 1 is 1.27 bits per heavy atom. The topological polar surface area (TPSA) is 54.6 Å². The molecule has 6 heteroatoms. The number of nitrogens with zero attached hydrogens (tertiary/aromatic N) is 1. The molecule has 22 heavy (non-hydrogen) atoms. The quantitative estimate of drug-likeness (QED) is 0.766. The van der Waals surface area contributed by atoms with Crippen molar-refractivity contribution in [2.75, 3.05) is 20.8 Å². The Morgan fingerprint density at radius 3 is 2.50 bits per heavy atom. The number of H-pyrrole nitrogens is 1. The van der Waals surface area contributed by atoms with Crippen LogP contribution < -0.4 is 0 Å². The van der Waals surface area contributed by atoms with E-state index in [1.807, 2.05) is 30.3 Å². The maximum absolute atomic E-state index is 12.7. The Bertz CT molecular complexity index is 596. The molecule has 118 valence electrons. The molecule has 0 spiro atoms. The zero-order chi connectivity index (χ0) is 15.9. The largest absolute Gasteiger partial charge is 0.356 e. The van der Waals surface area contributed by atoms with Gasteiger partial charge in [-0.2, -0.15) is 0 Å². The number of hydrogen-bond acceptors (Lipinski definition) is 3. The zero-order valence-electron chi connectivity index (χ0n) is 12.6. The second-order valence-corrected chi connectivity index (χ2v) is 5.72. The van der Waals surface area contributed by atoms with Gasteiger partial charge in [0.1, 0.15) is 5.69 Å². The lowest BCUT2D eigenvalue weighted by atomic mass is 10.2. The van der Waals surface area contributed by atoms with Gasteiger partial charge in [0.15, 0.2) is 6.29 Å². The second-order valence-electron chi connectivity index (χ2n) is 4.80. The summed E-state index contributed by atoms with van der Waals surface area (Å²) in [6.45, 7) is 0.830. The second kappa shape index (κ2) is 8.12. The first-order valence-electron chi connectivity index (χ1n) is 6.86. The maximum Gasteiger partial charge on any atom is 0.270 e. The minimum Gasteiger partial charge on any atom is -0.356 e. The van der Waals surface area contributed by atoms with Crippen molar-refractivity contribution in [3.63, 3.8) is 0 Å². The van der Waals surface area contributed by atoms with E-state index >= 15 is 0 Å². The third kappa shape index (κ3) is 4.43. The highest BCUT2D eigenvalue weighted by Crippen LogP contribution is 2.15. The summed E-state index contributed by atoms with van der Waals surface area (Å²) in [5.41, 5.74) is 1.57. The lowest BCUT2D eigenvalue weighted by molar-refractivity contribution is -0.112. The standard InChI is InChI=1S/C16H19BrN2O3/c1-21-15(22-2)11-19(10-12-6-4-3-5-7-12)16(20)14-8-13(17)9-18-14/h3-9,15,18H,10-11H2,1-2H3. The molecule has 1 aromatic carbocycles. The summed E-state index contributed by atoms with van der Waals surface area (Å²) in [6.07, 6.45) is 1.27. The van der Waals surface area contributed by atoms with Gasteiger partial charge in [-0.25, -0.2) is 0 Å². The van der Waals surface area contributed by atoms with Crippen molar-refractivity contribution in [3.05, 3.63) is 58.3 Å². The SMILES string of the molecule is COC(CN(Cc1ccccc1)C(=O)c1cc(Br)c[nH]1)OC. The van der Waals surface area contributed by atoms with E-state index < -0.39 is 6.29 Å². The number of rotatable bonds is 7. The molecular weight excluding hydrogens is 348 g/mol. The number of ether oxygens (including phenoxy) is 2. The van der Waals surface area contributed by atoms with Crippen LogP contribution in [0.25, 0.3) is 0 Å². The number of amides is 1. The van der Waals surface area contributed by atoms with Gasteiger partial charge in [-0.15, -0.1) is 0 Å². The highest BCUT2D eigenvalue weighted by molar-refractivity contribution is 9.10. The first kappa shape index (κ1) is 16.7. The fraction of sp³-hybridized carbons (Fsp3) is 0.312. The van der Waals surface area contributed by atoms with Gasteiger partial charge in [0.2, 0.25) is 0 Å². The third-order valence-corrected chi connectivity index (χ3v) is 3.73. The lowest BCUT2D eigenvalue weighted by Gasteiger charge is -2.26. The number of methoxy groups -OCH3 is 2. The van der Waals surface area contributed by atoms with Crippen LogP contribution in [-0.4, -0.2) is 42.8 Å². The predicted octanol–water partition coefficient (Wildman–Crippen LogP) is 3.04. The molecule has 0 aliphatic rings. The Morgan fingerprint density at radius 2 is 1.95 bits per heavy atom. The molecule has 1 amide bonds. The van der Waals surface area contributed by atoms with Crippen molar-refractivity contribution in [2.45, 2.75) is 12.8 Å². The number of aromatic amines is 1. The molecule has 0 aliphatic heterocycles. The van der Waals surface area contributed by atoms with E-state index in [9.17, 15) is 4.79 Å².